The number of amides is 1. The number of carbonyl (C=O) groups is 1. The summed E-state index contributed by atoms with van der Waals surface area (Å²) >= 11 is 0. The summed E-state index contributed by atoms with van der Waals surface area (Å²) in [6.45, 7) is 3.43. The van der Waals surface area contributed by atoms with Gasteiger partial charge in [0.2, 0.25) is 0 Å². The highest BCUT2D eigenvalue weighted by Crippen LogP contribution is 2.42. The first-order chi connectivity index (χ1) is 14.3. The van der Waals surface area contributed by atoms with E-state index in [0.29, 0.717) is 11.6 Å². The zero-order valence-electron chi connectivity index (χ0n) is 17.1. The van der Waals surface area contributed by atoms with Crippen molar-refractivity contribution in [1.29, 1.82) is 0 Å². The molecule has 1 aromatic heterocycles. The largest absolute Gasteiger partial charge is 0.348 e. The number of hydrogen-bond acceptors (Lipinski definition) is 4. The van der Waals surface area contributed by atoms with Gasteiger partial charge in [0.1, 0.15) is 0 Å². The molecule has 1 aromatic carbocycles. The van der Waals surface area contributed by atoms with E-state index < -0.39 is 0 Å². The number of benzene rings is 1. The fourth-order valence-electron chi connectivity index (χ4n) is 5.01. The van der Waals surface area contributed by atoms with Crippen LogP contribution in [-0.2, 0) is 0 Å². The quantitative estimate of drug-likeness (QED) is 0.816. The predicted molar refractivity (Wildman–Crippen MR) is 112 cm³/mol. The fraction of sp³-hybridized carbons (Fsp3) is 0.609. The Morgan fingerprint density at radius 1 is 1.00 bits per heavy atom. The summed E-state index contributed by atoms with van der Waals surface area (Å²) in [4.78, 5) is 15.6. The minimum atomic E-state index is -0.0525. The van der Waals surface area contributed by atoms with Crippen LogP contribution in [-0.4, -0.2) is 51.5 Å². The molecule has 2 saturated carbocycles. The molecule has 0 radical (unpaired) electrons. The highest BCUT2D eigenvalue weighted by Gasteiger charge is 2.35. The third-order valence-corrected chi connectivity index (χ3v) is 6.80. The molecule has 3 aliphatic rings. The first-order valence-electron chi connectivity index (χ1n) is 11.3. The molecule has 1 aliphatic heterocycles. The molecule has 1 N–H and O–H groups in total. The Morgan fingerprint density at radius 3 is 2.41 bits per heavy atom. The van der Waals surface area contributed by atoms with Crippen LogP contribution < -0.4 is 5.32 Å². The third-order valence-electron chi connectivity index (χ3n) is 6.80. The lowest BCUT2D eigenvalue weighted by Gasteiger charge is -2.33. The van der Waals surface area contributed by atoms with E-state index in [1.807, 2.05) is 35.0 Å². The average Bonchev–Trinajstić information content (AvgIpc) is 3.28. The van der Waals surface area contributed by atoms with Crippen LogP contribution in [0.2, 0.25) is 0 Å². The van der Waals surface area contributed by atoms with E-state index in [4.69, 9.17) is 0 Å². The van der Waals surface area contributed by atoms with Crippen LogP contribution in [0.15, 0.2) is 30.3 Å². The highest BCUT2D eigenvalue weighted by atomic mass is 16.2. The average molecular weight is 394 g/mol. The predicted octanol–water partition coefficient (Wildman–Crippen LogP) is 3.53. The van der Waals surface area contributed by atoms with Gasteiger partial charge in [-0.3, -0.25) is 4.79 Å². The number of likely N-dealkylation sites (tertiary alicyclic amines) is 1. The van der Waals surface area contributed by atoms with Crippen LogP contribution in [0.4, 0.5) is 0 Å². The van der Waals surface area contributed by atoms with Crippen molar-refractivity contribution >= 4 is 5.91 Å². The van der Waals surface area contributed by atoms with Crippen molar-refractivity contribution in [2.75, 3.05) is 19.6 Å². The van der Waals surface area contributed by atoms with Crippen LogP contribution in [0, 0.1) is 5.92 Å². The number of piperidine rings is 1. The molecule has 6 heteroatoms. The number of nitrogens with one attached hydrogen (secondary N) is 1. The zero-order valence-corrected chi connectivity index (χ0v) is 17.1. The Hall–Kier alpha value is -2.21. The maximum absolute atomic E-state index is 13.0. The van der Waals surface area contributed by atoms with Gasteiger partial charge in [-0.25, -0.2) is 4.68 Å². The van der Waals surface area contributed by atoms with E-state index in [1.54, 1.807) is 0 Å². The summed E-state index contributed by atoms with van der Waals surface area (Å²) in [5.74, 6) is 1.25. The van der Waals surface area contributed by atoms with Crippen molar-refractivity contribution in [3.05, 3.63) is 41.7 Å². The smallest absolute Gasteiger partial charge is 0.274 e. The number of carbonyl (C=O) groups excluding carboxylic acids is 1. The molecule has 2 heterocycles. The molecule has 0 bridgehead atoms. The number of nitrogens with zero attached hydrogens (tertiary/aromatic N) is 4. The molecule has 2 aromatic rings. The maximum Gasteiger partial charge on any atom is 0.274 e. The molecule has 0 atom stereocenters. The summed E-state index contributed by atoms with van der Waals surface area (Å²) in [6, 6.07) is 10.3. The number of hydrogen-bond donors (Lipinski definition) is 1. The second-order valence-corrected chi connectivity index (χ2v) is 9.04. The Labute approximate surface area is 172 Å². The van der Waals surface area contributed by atoms with Gasteiger partial charge in [0, 0.05) is 31.6 Å². The lowest BCUT2D eigenvalue weighted by Crippen LogP contribution is -2.45. The van der Waals surface area contributed by atoms with Gasteiger partial charge in [-0.15, -0.1) is 5.10 Å². The zero-order chi connectivity index (χ0) is 19.6. The molecular weight excluding hydrogens is 362 g/mol. The fourth-order valence-corrected chi connectivity index (χ4v) is 5.01. The van der Waals surface area contributed by atoms with Gasteiger partial charge in [-0.1, -0.05) is 36.3 Å². The molecule has 2 aliphatic carbocycles. The summed E-state index contributed by atoms with van der Waals surface area (Å²) in [7, 11) is 0. The molecular formula is C23H31N5O. The minimum Gasteiger partial charge on any atom is -0.348 e. The number of aromatic nitrogens is 3. The van der Waals surface area contributed by atoms with Crippen molar-refractivity contribution in [1.82, 2.24) is 25.2 Å². The van der Waals surface area contributed by atoms with Crippen LogP contribution in [0.3, 0.4) is 0 Å². The highest BCUT2D eigenvalue weighted by molar-refractivity contribution is 5.94. The summed E-state index contributed by atoms with van der Waals surface area (Å²) in [5, 5.41) is 11.9. The Kier molecular flexibility index (Phi) is 5.36. The standard InChI is InChI=1S/C23H31N5O/c29-23(24-19-12-14-27(15-13-19)16-17-6-4-5-7-17)21-22(18-10-11-18)28(26-25-21)20-8-2-1-3-9-20/h1-3,8-9,17-19H,4-7,10-16H2,(H,24,29). The maximum atomic E-state index is 13.0. The Bertz CT molecular complexity index is 830. The molecule has 29 heavy (non-hydrogen) atoms. The van der Waals surface area contributed by atoms with Crippen molar-refractivity contribution in [2.45, 2.75) is 63.3 Å². The molecule has 0 spiro atoms. The van der Waals surface area contributed by atoms with E-state index in [0.717, 1.165) is 56.1 Å². The van der Waals surface area contributed by atoms with Gasteiger partial charge in [-0.2, -0.15) is 0 Å². The van der Waals surface area contributed by atoms with Crippen molar-refractivity contribution < 1.29 is 4.79 Å². The van der Waals surface area contributed by atoms with E-state index in [1.165, 1.54) is 32.2 Å². The van der Waals surface area contributed by atoms with Gasteiger partial charge in [0.15, 0.2) is 5.69 Å². The van der Waals surface area contributed by atoms with E-state index in [2.05, 4.69) is 20.5 Å². The monoisotopic (exact) mass is 393 g/mol. The molecule has 3 fully saturated rings. The van der Waals surface area contributed by atoms with Crippen molar-refractivity contribution in [2.24, 2.45) is 5.92 Å². The van der Waals surface area contributed by atoms with Gasteiger partial charge >= 0.3 is 0 Å². The normalized spacial score (nSPS) is 21.5. The molecule has 1 amide bonds. The van der Waals surface area contributed by atoms with Gasteiger partial charge in [0.05, 0.1) is 11.4 Å². The van der Waals surface area contributed by atoms with Gasteiger partial charge in [-0.05, 0) is 56.6 Å². The Balaban J connectivity index is 1.22. The van der Waals surface area contributed by atoms with E-state index in [-0.39, 0.29) is 11.9 Å². The lowest BCUT2D eigenvalue weighted by atomic mass is 10.0. The van der Waals surface area contributed by atoms with Crippen LogP contribution in [0.1, 0.15) is 73.5 Å². The molecule has 6 nitrogen and oxygen atoms in total. The van der Waals surface area contributed by atoms with Crippen molar-refractivity contribution in [3.63, 3.8) is 0 Å². The van der Waals surface area contributed by atoms with Crippen LogP contribution >= 0.6 is 0 Å². The molecule has 0 unspecified atom stereocenters. The van der Waals surface area contributed by atoms with Gasteiger partial charge in [0.25, 0.3) is 5.91 Å². The lowest BCUT2D eigenvalue weighted by molar-refractivity contribution is 0.0899. The molecule has 5 rings (SSSR count). The molecule has 1 saturated heterocycles. The summed E-state index contributed by atoms with van der Waals surface area (Å²) in [6.07, 6.45) is 9.90. The van der Waals surface area contributed by atoms with E-state index in [9.17, 15) is 4.79 Å². The van der Waals surface area contributed by atoms with E-state index >= 15 is 0 Å². The second-order valence-electron chi connectivity index (χ2n) is 9.04. The first-order valence-corrected chi connectivity index (χ1v) is 11.3. The van der Waals surface area contributed by atoms with Crippen molar-refractivity contribution in [3.8, 4) is 5.69 Å². The van der Waals surface area contributed by atoms with Crippen LogP contribution in [0.5, 0.6) is 0 Å². The minimum absolute atomic E-state index is 0.0525. The van der Waals surface area contributed by atoms with Crippen LogP contribution in [0.25, 0.3) is 5.69 Å². The summed E-state index contributed by atoms with van der Waals surface area (Å²) < 4.78 is 1.86. The number of rotatable bonds is 6. The third kappa shape index (κ3) is 4.22. The SMILES string of the molecule is O=C(NC1CCN(CC2CCCC2)CC1)c1nnn(-c2ccccc2)c1C1CC1. The summed E-state index contributed by atoms with van der Waals surface area (Å²) in [5.41, 5.74) is 2.47. The topological polar surface area (TPSA) is 63.1 Å². The second kappa shape index (κ2) is 8.27. The first kappa shape index (κ1) is 18.8. The number of para-hydroxylation sites is 1. The van der Waals surface area contributed by atoms with Gasteiger partial charge < -0.3 is 10.2 Å². The Morgan fingerprint density at radius 2 is 1.72 bits per heavy atom. The molecule has 154 valence electrons.